The summed E-state index contributed by atoms with van der Waals surface area (Å²) in [6.07, 6.45) is 2.99. The number of hydrogen-bond donors (Lipinski definition) is 1. The normalized spacial score (nSPS) is 11.9. The van der Waals surface area contributed by atoms with Gasteiger partial charge in [-0.05, 0) is 0 Å². The molecule has 0 aliphatic carbocycles. The van der Waals surface area contributed by atoms with Crippen molar-refractivity contribution in [1.82, 2.24) is 4.98 Å². The Bertz CT molecular complexity index is 191. The van der Waals surface area contributed by atoms with Crippen molar-refractivity contribution in [3.05, 3.63) is 18.4 Å². The van der Waals surface area contributed by atoms with Crippen molar-refractivity contribution in [2.45, 2.75) is 19.3 Å². The number of aromatic nitrogens is 1. The van der Waals surface area contributed by atoms with E-state index in [1.807, 2.05) is 13.8 Å². The van der Waals surface area contributed by atoms with Crippen LogP contribution in [0, 0.1) is 0 Å². The number of aliphatic hydroxyl groups is 1. The van der Waals surface area contributed by atoms with E-state index in [0.717, 1.165) is 5.76 Å². The highest BCUT2D eigenvalue weighted by molar-refractivity contribution is 5.05. The first-order chi connectivity index (χ1) is 4.67. The van der Waals surface area contributed by atoms with Crippen molar-refractivity contribution in [2.24, 2.45) is 0 Å². The molecule has 0 fully saturated rings. The molecule has 0 aromatic carbocycles. The van der Waals surface area contributed by atoms with Crippen molar-refractivity contribution >= 4 is 0 Å². The zero-order valence-corrected chi connectivity index (χ0v) is 6.16. The Balaban J connectivity index is 2.85. The summed E-state index contributed by atoms with van der Waals surface area (Å²) in [5, 5.41) is 8.88. The molecular weight excluding hydrogens is 130 g/mol. The first-order valence-electron chi connectivity index (χ1n) is 3.16. The molecule has 3 heteroatoms. The molecule has 0 saturated carbocycles. The molecule has 0 aliphatic rings. The van der Waals surface area contributed by atoms with E-state index in [-0.39, 0.29) is 12.0 Å². The van der Waals surface area contributed by atoms with Gasteiger partial charge in [-0.1, -0.05) is 13.8 Å². The Labute approximate surface area is 59.7 Å². The SMILES string of the molecule is CC(C)(CO)c1cnco1. The van der Waals surface area contributed by atoms with Crippen molar-refractivity contribution in [1.29, 1.82) is 0 Å². The molecule has 1 heterocycles. The minimum Gasteiger partial charge on any atom is -0.448 e. The number of rotatable bonds is 2. The minimum absolute atomic E-state index is 0.0716. The molecule has 0 atom stereocenters. The highest BCUT2D eigenvalue weighted by Gasteiger charge is 2.22. The molecule has 0 spiro atoms. The van der Waals surface area contributed by atoms with Crippen LogP contribution in [0.25, 0.3) is 0 Å². The van der Waals surface area contributed by atoms with Gasteiger partial charge in [-0.25, -0.2) is 4.98 Å². The van der Waals surface area contributed by atoms with Gasteiger partial charge in [0.15, 0.2) is 6.39 Å². The van der Waals surface area contributed by atoms with Crippen molar-refractivity contribution in [3.8, 4) is 0 Å². The molecule has 1 aromatic rings. The van der Waals surface area contributed by atoms with E-state index in [2.05, 4.69) is 4.98 Å². The fourth-order valence-corrected chi connectivity index (χ4v) is 0.628. The molecule has 56 valence electrons. The largest absolute Gasteiger partial charge is 0.448 e. The quantitative estimate of drug-likeness (QED) is 0.666. The van der Waals surface area contributed by atoms with Crippen LogP contribution < -0.4 is 0 Å². The third-order valence-electron chi connectivity index (χ3n) is 1.49. The molecule has 1 N–H and O–H groups in total. The Kier molecular flexibility index (Phi) is 1.76. The van der Waals surface area contributed by atoms with Crippen molar-refractivity contribution < 1.29 is 9.52 Å². The highest BCUT2D eigenvalue weighted by Crippen LogP contribution is 2.20. The van der Waals surface area contributed by atoms with E-state index in [9.17, 15) is 0 Å². The van der Waals surface area contributed by atoms with E-state index < -0.39 is 0 Å². The van der Waals surface area contributed by atoms with Crippen LogP contribution in [-0.4, -0.2) is 16.7 Å². The van der Waals surface area contributed by atoms with Gasteiger partial charge in [-0.2, -0.15) is 0 Å². The van der Waals surface area contributed by atoms with Crippen LogP contribution in [0.1, 0.15) is 19.6 Å². The molecule has 10 heavy (non-hydrogen) atoms. The molecule has 3 nitrogen and oxygen atoms in total. The third kappa shape index (κ3) is 1.19. The van der Waals surface area contributed by atoms with Crippen LogP contribution >= 0.6 is 0 Å². The second-order valence-corrected chi connectivity index (χ2v) is 2.91. The Hall–Kier alpha value is -0.830. The van der Waals surface area contributed by atoms with Gasteiger partial charge < -0.3 is 9.52 Å². The van der Waals surface area contributed by atoms with E-state index in [4.69, 9.17) is 9.52 Å². The summed E-state index contributed by atoms with van der Waals surface area (Å²) in [5.41, 5.74) is -0.309. The fraction of sp³-hybridized carbons (Fsp3) is 0.571. The van der Waals surface area contributed by atoms with Crippen LogP contribution in [0.3, 0.4) is 0 Å². The second kappa shape index (κ2) is 2.42. The van der Waals surface area contributed by atoms with Crippen LogP contribution in [0.2, 0.25) is 0 Å². The second-order valence-electron chi connectivity index (χ2n) is 2.91. The Morgan fingerprint density at radius 2 is 2.40 bits per heavy atom. The maximum atomic E-state index is 8.88. The molecule has 0 bridgehead atoms. The first-order valence-corrected chi connectivity index (χ1v) is 3.16. The molecule has 0 unspecified atom stereocenters. The average Bonchev–Trinajstić information content (AvgIpc) is 2.38. The molecular formula is C7H11NO2. The minimum atomic E-state index is -0.309. The highest BCUT2D eigenvalue weighted by atomic mass is 16.3. The number of aliphatic hydroxyl groups excluding tert-OH is 1. The fourth-order valence-electron chi connectivity index (χ4n) is 0.628. The third-order valence-corrected chi connectivity index (χ3v) is 1.49. The molecule has 0 amide bonds. The molecule has 0 saturated heterocycles. The Morgan fingerprint density at radius 1 is 1.70 bits per heavy atom. The topological polar surface area (TPSA) is 46.3 Å². The summed E-state index contributed by atoms with van der Waals surface area (Å²) in [4.78, 5) is 3.76. The summed E-state index contributed by atoms with van der Waals surface area (Å²) < 4.78 is 5.02. The van der Waals surface area contributed by atoms with Gasteiger partial charge in [0.25, 0.3) is 0 Å². The van der Waals surface area contributed by atoms with E-state index in [0.29, 0.717) is 0 Å². The van der Waals surface area contributed by atoms with Crippen molar-refractivity contribution in [3.63, 3.8) is 0 Å². The summed E-state index contributed by atoms with van der Waals surface area (Å²) in [7, 11) is 0. The van der Waals surface area contributed by atoms with Crippen molar-refractivity contribution in [2.75, 3.05) is 6.61 Å². The predicted octanol–water partition coefficient (Wildman–Crippen LogP) is 0.944. The summed E-state index contributed by atoms with van der Waals surface area (Å²) >= 11 is 0. The lowest BCUT2D eigenvalue weighted by Gasteiger charge is -2.16. The van der Waals surface area contributed by atoms with Gasteiger partial charge in [-0.3, -0.25) is 0 Å². The molecule has 0 radical (unpaired) electrons. The predicted molar refractivity (Wildman–Crippen MR) is 36.6 cm³/mol. The summed E-state index contributed by atoms with van der Waals surface area (Å²) in [6.45, 7) is 3.86. The maximum absolute atomic E-state index is 8.88. The number of hydrogen-bond acceptors (Lipinski definition) is 3. The molecule has 1 aromatic heterocycles. The maximum Gasteiger partial charge on any atom is 0.180 e. The van der Waals surface area contributed by atoms with E-state index >= 15 is 0 Å². The van der Waals surface area contributed by atoms with Crippen LogP contribution in [0.15, 0.2) is 17.0 Å². The van der Waals surface area contributed by atoms with Crippen LogP contribution in [0.4, 0.5) is 0 Å². The van der Waals surface area contributed by atoms with Gasteiger partial charge >= 0.3 is 0 Å². The lowest BCUT2D eigenvalue weighted by Crippen LogP contribution is -2.20. The van der Waals surface area contributed by atoms with Gasteiger partial charge in [0.2, 0.25) is 0 Å². The first kappa shape index (κ1) is 7.28. The lowest BCUT2D eigenvalue weighted by atomic mass is 9.92. The van der Waals surface area contributed by atoms with Gasteiger partial charge in [-0.15, -0.1) is 0 Å². The van der Waals surface area contributed by atoms with Gasteiger partial charge in [0.1, 0.15) is 5.76 Å². The molecule has 0 aliphatic heterocycles. The number of oxazole rings is 1. The monoisotopic (exact) mass is 141 g/mol. The van der Waals surface area contributed by atoms with Gasteiger partial charge in [0, 0.05) is 5.41 Å². The van der Waals surface area contributed by atoms with Gasteiger partial charge in [0.05, 0.1) is 12.8 Å². The number of nitrogens with zero attached hydrogens (tertiary/aromatic N) is 1. The van der Waals surface area contributed by atoms with E-state index in [1.165, 1.54) is 6.39 Å². The zero-order chi connectivity index (χ0) is 7.61. The lowest BCUT2D eigenvalue weighted by molar-refractivity contribution is 0.197. The van der Waals surface area contributed by atoms with Crippen LogP contribution in [0.5, 0.6) is 0 Å². The molecule has 1 rings (SSSR count). The average molecular weight is 141 g/mol. The summed E-state index contributed by atoms with van der Waals surface area (Å²) in [5.74, 6) is 0.718. The van der Waals surface area contributed by atoms with Crippen LogP contribution in [-0.2, 0) is 5.41 Å². The zero-order valence-electron chi connectivity index (χ0n) is 6.16. The smallest absolute Gasteiger partial charge is 0.180 e. The summed E-state index contributed by atoms with van der Waals surface area (Å²) in [6, 6.07) is 0. The standard InChI is InChI=1S/C7H11NO2/c1-7(2,4-9)6-3-8-5-10-6/h3,5,9H,4H2,1-2H3. The van der Waals surface area contributed by atoms with E-state index in [1.54, 1.807) is 6.20 Å². The Morgan fingerprint density at radius 3 is 2.80 bits per heavy atom.